The molecule has 0 N–H and O–H groups in total. The zero-order valence-corrected chi connectivity index (χ0v) is 11.0. The van der Waals surface area contributed by atoms with E-state index in [0.29, 0.717) is 12.3 Å². The number of rotatable bonds is 4. The van der Waals surface area contributed by atoms with Crippen LogP contribution in [0.3, 0.4) is 0 Å². The maximum atomic E-state index is 11.2. The second-order valence-electron chi connectivity index (χ2n) is 5.14. The van der Waals surface area contributed by atoms with Gasteiger partial charge < -0.3 is 0 Å². The first kappa shape index (κ1) is 13.5. The number of hydrogen-bond acceptors (Lipinski definition) is 3. The summed E-state index contributed by atoms with van der Waals surface area (Å²) in [5.74, 6) is 0.754. The molecule has 0 bridgehead atoms. The Morgan fingerprint density at radius 3 is 2.69 bits per heavy atom. The molecule has 0 saturated heterocycles. The Hall–Kier alpha value is -0.560. The zero-order valence-electron chi connectivity index (χ0n) is 10.2. The summed E-state index contributed by atoms with van der Waals surface area (Å²) in [6, 6.07) is 2.39. The number of nitrogens with zero attached hydrogens (tertiary/aromatic N) is 1. The van der Waals surface area contributed by atoms with Gasteiger partial charge in [-0.25, -0.2) is 8.42 Å². The molecule has 16 heavy (non-hydrogen) atoms. The van der Waals surface area contributed by atoms with E-state index in [4.69, 9.17) is 0 Å². The van der Waals surface area contributed by atoms with Gasteiger partial charge in [-0.3, -0.25) is 0 Å². The van der Waals surface area contributed by atoms with Crippen LogP contribution in [-0.4, -0.2) is 20.4 Å². The van der Waals surface area contributed by atoms with Crippen LogP contribution >= 0.6 is 0 Å². The van der Waals surface area contributed by atoms with E-state index in [9.17, 15) is 13.7 Å². The maximum absolute atomic E-state index is 11.2. The summed E-state index contributed by atoms with van der Waals surface area (Å²) in [5.41, 5.74) is -0.373. The first-order valence-electron chi connectivity index (χ1n) is 6.00. The van der Waals surface area contributed by atoms with Crippen molar-refractivity contribution in [1.29, 1.82) is 5.26 Å². The Morgan fingerprint density at radius 1 is 1.50 bits per heavy atom. The van der Waals surface area contributed by atoms with Gasteiger partial charge in [-0.2, -0.15) is 5.26 Å². The predicted octanol–water partition coefficient (Wildman–Crippen LogP) is 2.53. The third-order valence-electron chi connectivity index (χ3n) is 3.71. The summed E-state index contributed by atoms with van der Waals surface area (Å²) < 4.78 is 22.3. The Kier molecular flexibility index (Phi) is 4.37. The minimum Gasteiger partial charge on any atom is -0.229 e. The van der Waals surface area contributed by atoms with E-state index in [-0.39, 0.29) is 11.2 Å². The van der Waals surface area contributed by atoms with Crippen LogP contribution in [0, 0.1) is 22.7 Å². The van der Waals surface area contributed by atoms with E-state index in [1.165, 1.54) is 12.7 Å². The molecule has 1 aliphatic rings. The van der Waals surface area contributed by atoms with E-state index < -0.39 is 9.84 Å². The highest BCUT2D eigenvalue weighted by Crippen LogP contribution is 2.42. The molecule has 1 fully saturated rings. The summed E-state index contributed by atoms with van der Waals surface area (Å²) >= 11 is 0. The van der Waals surface area contributed by atoms with Crippen molar-refractivity contribution < 1.29 is 8.42 Å². The lowest BCUT2D eigenvalue weighted by Gasteiger charge is -2.35. The van der Waals surface area contributed by atoms with Crippen molar-refractivity contribution in [3.63, 3.8) is 0 Å². The Morgan fingerprint density at radius 2 is 2.19 bits per heavy atom. The summed E-state index contributed by atoms with van der Waals surface area (Å²) in [4.78, 5) is 0. The molecule has 0 aromatic rings. The van der Waals surface area contributed by atoms with E-state index in [2.05, 4.69) is 13.0 Å². The van der Waals surface area contributed by atoms with Gasteiger partial charge in [-0.1, -0.05) is 26.2 Å². The van der Waals surface area contributed by atoms with Crippen LogP contribution in [0.5, 0.6) is 0 Å². The molecule has 2 unspecified atom stereocenters. The lowest BCUT2D eigenvalue weighted by Crippen LogP contribution is -2.29. The van der Waals surface area contributed by atoms with Crippen molar-refractivity contribution in [1.82, 2.24) is 0 Å². The molecule has 4 heteroatoms. The molecule has 92 valence electrons. The van der Waals surface area contributed by atoms with Crippen molar-refractivity contribution in [2.75, 3.05) is 12.0 Å². The molecule has 0 aliphatic heterocycles. The van der Waals surface area contributed by atoms with Gasteiger partial charge in [-0.05, 0) is 25.2 Å². The van der Waals surface area contributed by atoms with E-state index >= 15 is 0 Å². The van der Waals surface area contributed by atoms with Gasteiger partial charge in [0.1, 0.15) is 9.84 Å². The van der Waals surface area contributed by atoms with Crippen molar-refractivity contribution in [3.8, 4) is 6.07 Å². The fourth-order valence-corrected chi connectivity index (χ4v) is 3.36. The monoisotopic (exact) mass is 243 g/mol. The van der Waals surface area contributed by atoms with Crippen LogP contribution in [0.25, 0.3) is 0 Å². The van der Waals surface area contributed by atoms with Crippen LogP contribution in [0.15, 0.2) is 0 Å². The summed E-state index contributed by atoms with van der Waals surface area (Å²) in [5, 5.41) is 9.31. The summed E-state index contributed by atoms with van der Waals surface area (Å²) in [6.45, 7) is 2.15. The average Bonchev–Trinajstić information content (AvgIpc) is 2.26. The highest BCUT2D eigenvalue weighted by Gasteiger charge is 2.36. The van der Waals surface area contributed by atoms with Crippen LogP contribution in [0.1, 0.15) is 45.4 Å². The Bertz CT molecular complexity index is 369. The smallest absolute Gasteiger partial charge is 0.147 e. The lowest BCUT2D eigenvalue weighted by molar-refractivity contribution is 0.190. The van der Waals surface area contributed by atoms with Crippen LogP contribution in [-0.2, 0) is 9.84 Å². The second-order valence-corrected chi connectivity index (χ2v) is 7.40. The Labute approximate surface area is 98.8 Å². The molecule has 3 nitrogen and oxygen atoms in total. The molecule has 0 radical (unpaired) electrons. The van der Waals surface area contributed by atoms with Gasteiger partial charge in [0, 0.05) is 6.26 Å². The third-order valence-corrected chi connectivity index (χ3v) is 4.66. The van der Waals surface area contributed by atoms with Gasteiger partial charge in [-0.15, -0.1) is 0 Å². The highest BCUT2D eigenvalue weighted by molar-refractivity contribution is 7.90. The number of sulfone groups is 1. The van der Waals surface area contributed by atoms with Crippen molar-refractivity contribution in [2.45, 2.75) is 45.4 Å². The normalized spacial score (nSPS) is 30.9. The highest BCUT2D eigenvalue weighted by atomic mass is 32.2. The fourth-order valence-electron chi connectivity index (χ4n) is 2.60. The standard InChI is InChI=1S/C12H21NO2S/c1-3-11-5-4-6-12(9-11,10-13)7-8-16(2,14)15/h11H,3-9H2,1-2H3. The molecule has 2 atom stereocenters. The number of hydrogen-bond donors (Lipinski definition) is 0. The quantitative estimate of drug-likeness (QED) is 0.762. The van der Waals surface area contributed by atoms with E-state index in [1.54, 1.807) is 0 Å². The van der Waals surface area contributed by atoms with Gasteiger partial charge in [0.2, 0.25) is 0 Å². The minimum absolute atomic E-state index is 0.150. The lowest BCUT2D eigenvalue weighted by atomic mass is 9.68. The van der Waals surface area contributed by atoms with Gasteiger partial charge in [0.05, 0.1) is 17.2 Å². The van der Waals surface area contributed by atoms with Crippen molar-refractivity contribution in [2.24, 2.45) is 11.3 Å². The van der Waals surface area contributed by atoms with Gasteiger partial charge >= 0.3 is 0 Å². The van der Waals surface area contributed by atoms with Gasteiger partial charge in [0.25, 0.3) is 0 Å². The first-order chi connectivity index (χ1) is 7.41. The topological polar surface area (TPSA) is 57.9 Å². The predicted molar refractivity (Wildman–Crippen MR) is 64.6 cm³/mol. The SMILES string of the molecule is CCC1CCCC(C#N)(CCS(C)(=O)=O)C1. The molecular weight excluding hydrogens is 222 g/mol. The fraction of sp³-hybridized carbons (Fsp3) is 0.917. The van der Waals surface area contributed by atoms with Crippen LogP contribution in [0.4, 0.5) is 0 Å². The summed E-state index contributed by atoms with van der Waals surface area (Å²) in [7, 11) is -2.95. The third kappa shape index (κ3) is 3.79. The molecule has 0 aromatic carbocycles. The van der Waals surface area contributed by atoms with E-state index in [0.717, 1.165) is 25.7 Å². The minimum atomic E-state index is -2.95. The molecule has 0 spiro atoms. The van der Waals surface area contributed by atoms with Crippen molar-refractivity contribution in [3.05, 3.63) is 0 Å². The van der Waals surface area contributed by atoms with Crippen LogP contribution < -0.4 is 0 Å². The van der Waals surface area contributed by atoms with Crippen molar-refractivity contribution >= 4 is 9.84 Å². The molecule has 1 rings (SSSR count). The largest absolute Gasteiger partial charge is 0.229 e. The second kappa shape index (κ2) is 5.18. The first-order valence-corrected chi connectivity index (χ1v) is 8.06. The zero-order chi connectivity index (χ0) is 12.2. The molecule has 0 aromatic heterocycles. The molecular formula is C12H21NO2S. The van der Waals surface area contributed by atoms with Crippen LogP contribution in [0.2, 0.25) is 0 Å². The molecule has 1 saturated carbocycles. The summed E-state index contributed by atoms with van der Waals surface area (Å²) in [6.07, 6.45) is 6.87. The van der Waals surface area contributed by atoms with E-state index in [1.807, 2.05) is 0 Å². The Balaban J connectivity index is 2.67. The molecule has 1 aliphatic carbocycles. The number of nitriles is 1. The van der Waals surface area contributed by atoms with Gasteiger partial charge in [0.15, 0.2) is 0 Å². The average molecular weight is 243 g/mol. The molecule has 0 amide bonds. The molecule has 0 heterocycles. The maximum Gasteiger partial charge on any atom is 0.147 e.